The minimum absolute atomic E-state index is 0.252. The van der Waals surface area contributed by atoms with Crippen LogP contribution in [0.2, 0.25) is 0 Å². The lowest BCUT2D eigenvalue weighted by molar-refractivity contribution is 0.552. The van der Waals surface area contributed by atoms with Crippen LogP contribution in [0.1, 0.15) is 19.4 Å². The first-order chi connectivity index (χ1) is 9.08. The highest BCUT2D eigenvalue weighted by Crippen LogP contribution is 2.27. The Morgan fingerprint density at radius 1 is 1.42 bits per heavy atom. The van der Waals surface area contributed by atoms with Gasteiger partial charge < -0.3 is 5.32 Å². The summed E-state index contributed by atoms with van der Waals surface area (Å²) in [6, 6.07) is 4.90. The number of aromatic amines is 1. The van der Waals surface area contributed by atoms with Crippen molar-refractivity contribution in [3.8, 4) is 11.3 Å². The molecule has 2 aromatic rings. The van der Waals surface area contributed by atoms with E-state index >= 15 is 0 Å². The third-order valence-electron chi connectivity index (χ3n) is 2.78. The van der Waals surface area contributed by atoms with Gasteiger partial charge in [-0.1, -0.05) is 29.8 Å². The lowest BCUT2D eigenvalue weighted by Crippen LogP contribution is -2.19. The molecule has 0 amide bonds. The van der Waals surface area contributed by atoms with Crippen molar-refractivity contribution in [3.63, 3.8) is 0 Å². The van der Waals surface area contributed by atoms with Crippen molar-refractivity contribution in [2.45, 2.75) is 20.4 Å². The fourth-order valence-electron chi connectivity index (χ4n) is 1.86. The van der Waals surface area contributed by atoms with E-state index in [0.717, 1.165) is 22.3 Å². The van der Waals surface area contributed by atoms with E-state index in [1.165, 1.54) is 6.07 Å². The SMILES string of the molecule is CC(C)CNCc1cn[nH]c1-c1cc(Br)ccc1F. The average molecular weight is 326 g/mol. The van der Waals surface area contributed by atoms with E-state index in [0.29, 0.717) is 18.0 Å². The van der Waals surface area contributed by atoms with E-state index in [1.54, 1.807) is 18.3 Å². The van der Waals surface area contributed by atoms with E-state index in [4.69, 9.17) is 0 Å². The van der Waals surface area contributed by atoms with Gasteiger partial charge in [0.25, 0.3) is 0 Å². The Hall–Kier alpha value is -1.20. The molecule has 0 spiro atoms. The summed E-state index contributed by atoms with van der Waals surface area (Å²) >= 11 is 3.36. The van der Waals surface area contributed by atoms with Crippen molar-refractivity contribution in [1.29, 1.82) is 0 Å². The molecular weight excluding hydrogens is 309 g/mol. The molecule has 1 heterocycles. The second-order valence-corrected chi connectivity index (χ2v) is 5.83. The number of nitrogens with one attached hydrogen (secondary N) is 2. The Labute approximate surface area is 120 Å². The second kappa shape index (κ2) is 6.30. The van der Waals surface area contributed by atoms with Crippen LogP contribution in [-0.4, -0.2) is 16.7 Å². The summed E-state index contributed by atoms with van der Waals surface area (Å²) in [5, 5.41) is 10.2. The number of halogens is 2. The van der Waals surface area contributed by atoms with Crippen molar-refractivity contribution in [2.75, 3.05) is 6.54 Å². The summed E-state index contributed by atoms with van der Waals surface area (Å²) in [6.45, 7) is 5.90. The molecule has 0 unspecified atom stereocenters. The number of aromatic nitrogens is 2. The molecule has 0 aliphatic rings. The number of H-pyrrole nitrogens is 1. The quantitative estimate of drug-likeness (QED) is 0.879. The number of benzene rings is 1. The van der Waals surface area contributed by atoms with E-state index < -0.39 is 0 Å². The van der Waals surface area contributed by atoms with E-state index in [2.05, 4.69) is 45.3 Å². The number of nitrogens with zero attached hydrogens (tertiary/aromatic N) is 1. The Morgan fingerprint density at radius 3 is 2.95 bits per heavy atom. The highest BCUT2D eigenvalue weighted by Gasteiger charge is 2.12. The molecule has 102 valence electrons. The molecule has 0 radical (unpaired) electrons. The Bertz CT molecular complexity index is 551. The van der Waals surface area contributed by atoms with Gasteiger partial charge in [0.15, 0.2) is 0 Å². The molecule has 2 N–H and O–H groups in total. The zero-order chi connectivity index (χ0) is 13.8. The molecule has 19 heavy (non-hydrogen) atoms. The minimum atomic E-state index is -0.252. The normalized spacial score (nSPS) is 11.2. The van der Waals surface area contributed by atoms with Crippen LogP contribution in [0.5, 0.6) is 0 Å². The Balaban J connectivity index is 2.21. The van der Waals surface area contributed by atoms with Gasteiger partial charge in [0, 0.05) is 22.1 Å². The second-order valence-electron chi connectivity index (χ2n) is 4.92. The van der Waals surface area contributed by atoms with Crippen LogP contribution in [0.3, 0.4) is 0 Å². The monoisotopic (exact) mass is 325 g/mol. The van der Waals surface area contributed by atoms with Crippen LogP contribution >= 0.6 is 15.9 Å². The zero-order valence-electron chi connectivity index (χ0n) is 11.0. The molecule has 5 heteroatoms. The van der Waals surface area contributed by atoms with Crippen molar-refractivity contribution in [1.82, 2.24) is 15.5 Å². The van der Waals surface area contributed by atoms with Gasteiger partial charge in [-0.25, -0.2) is 4.39 Å². The summed E-state index contributed by atoms with van der Waals surface area (Å²) in [5.74, 6) is 0.329. The minimum Gasteiger partial charge on any atom is -0.312 e. The van der Waals surface area contributed by atoms with Crippen LogP contribution in [0.25, 0.3) is 11.3 Å². The maximum atomic E-state index is 13.9. The summed E-state index contributed by atoms with van der Waals surface area (Å²) < 4.78 is 14.7. The molecule has 0 fully saturated rings. The molecule has 0 bridgehead atoms. The molecule has 2 rings (SSSR count). The molecule has 0 saturated carbocycles. The highest BCUT2D eigenvalue weighted by molar-refractivity contribution is 9.10. The first-order valence-corrected chi connectivity index (χ1v) is 7.05. The van der Waals surface area contributed by atoms with Crippen LogP contribution < -0.4 is 5.32 Å². The molecule has 0 saturated heterocycles. The zero-order valence-corrected chi connectivity index (χ0v) is 12.6. The van der Waals surface area contributed by atoms with Crippen LogP contribution in [-0.2, 0) is 6.54 Å². The van der Waals surface area contributed by atoms with Crippen molar-refractivity contribution in [3.05, 3.63) is 40.2 Å². The van der Waals surface area contributed by atoms with Crippen molar-refractivity contribution in [2.24, 2.45) is 5.92 Å². The predicted octanol–water partition coefficient (Wildman–Crippen LogP) is 3.72. The summed E-state index contributed by atoms with van der Waals surface area (Å²) in [6.07, 6.45) is 1.74. The number of hydrogen-bond donors (Lipinski definition) is 2. The number of rotatable bonds is 5. The predicted molar refractivity (Wildman–Crippen MR) is 78.2 cm³/mol. The third kappa shape index (κ3) is 3.64. The largest absolute Gasteiger partial charge is 0.312 e. The van der Waals surface area contributed by atoms with Crippen LogP contribution in [0.15, 0.2) is 28.9 Å². The van der Waals surface area contributed by atoms with Gasteiger partial charge in [-0.15, -0.1) is 0 Å². The molecule has 0 aliphatic heterocycles. The van der Waals surface area contributed by atoms with Crippen molar-refractivity contribution >= 4 is 15.9 Å². The van der Waals surface area contributed by atoms with Gasteiger partial charge in [0.05, 0.1) is 11.9 Å². The fourth-order valence-corrected chi connectivity index (χ4v) is 2.22. The molecule has 0 atom stereocenters. The molecular formula is C14H17BrFN3. The summed E-state index contributed by atoms with van der Waals surface area (Å²) in [7, 11) is 0. The van der Waals surface area contributed by atoms with E-state index in [1.807, 2.05) is 0 Å². The summed E-state index contributed by atoms with van der Waals surface area (Å²) in [4.78, 5) is 0. The Morgan fingerprint density at radius 2 is 2.21 bits per heavy atom. The van der Waals surface area contributed by atoms with E-state index in [9.17, 15) is 4.39 Å². The van der Waals surface area contributed by atoms with Gasteiger partial charge in [0.2, 0.25) is 0 Å². The van der Waals surface area contributed by atoms with Gasteiger partial charge in [0.1, 0.15) is 5.82 Å². The lowest BCUT2D eigenvalue weighted by Gasteiger charge is -2.08. The first-order valence-electron chi connectivity index (χ1n) is 6.26. The maximum absolute atomic E-state index is 13.9. The Kier molecular flexibility index (Phi) is 4.71. The highest BCUT2D eigenvalue weighted by atomic mass is 79.9. The van der Waals surface area contributed by atoms with Crippen molar-refractivity contribution < 1.29 is 4.39 Å². The van der Waals surface area contributed by atoms with Crippen LogP contribution in [0.4, 0.5) is 4.39 Å². The summed E-state index contributed by atoms with van der Waals surface area (Å²) in [5.41, 5.74) is 2.24. The van der Waals surface area contributed by atoms with Gasteiger partial charge in [-0.05, 0) is 30.7 Å². The molecule has 1 aromatic carbocycles. The standard InChI is InChI=1S/C14H17BrFN3/c1-9(2)6-17-7-10-8-18-19-14(10)12-5-11(15)3-4-13(12)16/h3-5,8-9,17H,6-7H2,1-2H3,(H,18,19). The number of hydrogen-bond acceptors (Lipinski definition) is 2. The smallest absolute Gasteiger partial charge is 0.132 e. The van der Waals surface area contributed by atoms with E-state index in [-0.39, 0.29) is 5.82 Å². The first kappa shape index (κ1) is 14.2. The molecule has 3 nitrogen and oxygen atoms in total. The van der Waals surface area contributed by atoms with Gasteiger partial charge in [-0.3, -0.25) is 5.10 Å². The van der Waals surface area contributed by atoms with Gasteiger partial charge >= 0.3 is 0 Å². The third-order valence-corrected chi connectivity index (χ3v) is 3.28. The van der Waals surface area contributed by atoms with Crippen LogP contribution in [0, 0.1) is 11.7 Å². The lowest BCUT2D eigenvalue weighted by atomic mass is 10.1. The molecule has 1 aromatic heterocycles. The topological polar surface area (TPSA) is 40.7 Å². The van der Waals surface area contributed by atoms with Gasteiger partial charge in [-0.2, -0.15) is 5.10 Å². The maximum Gasteiger partial charge on any atom is 0.132 e. The fraction of sp³-hybridized carbons (Fsp3) is 0.357. The average Bonchev–Trinajstić information content (AvgIpc) is 2.80. The molecule has 0 aliphatic carbocycles.